The van der Waals surface area contributed by atoms with Crippen LogP contribution in [0.5, 0.6) is 0 Å². The second kappa shape index (κ2) is 4.73. The van der Waals surface area contributed by atoms with Gasteiger partial charge in [-0.15, -0.1) is 34.9 Å². The molecule has 0 amide bonds. The van der Waals surface area contributed by atoms with E-state index in [1.54, 1.807) is 11.3 Å². The summed E-state index contributed by atoms with van der Waals surface area (Å²) in [5.74, 6) is 2.39. The van der Waals surface area contributed by atoms with Crippen molar-refractivity contribution in [1.82, 2.24) is 0 Å². The van der Waals surface area contributed by atoms with Crippen LogP contribution in [-0.4, -0.2) is 21.2 Å². The van der Waals surface area contributed by atoms with Gasteiger partial charge in [0, 0.05) is 4.88 Å². The minimum atomic E-state index is -0.268. The van der Waals surface area contributed by atoms with Crippen LogP contribution in [0.3, 0.4) is 0 Å². The molecular formula is C9H12OS3. The lowest BCUT2D eigenvalue weighted by Crippen LogP contribution is -2.15. The molecule has 13 heavy (non-hydrogen) atoms. The number of thiophene rings is 1. The van der Waals surface area contributed by atoms with Gasteiger partial charge in [0.2, 0.25) is 0 Å². The van der Waals surface area contributed by atoms with Crippen molar-refractivity contribution in [3.63, 3.8) is 0 Å². The van der Waals surface area contributed by atoms with Crippen LogP contribution in [0.15, 0.2) is 17.5 Å². The van der Waals surface area contributed by atoms with Gasteiger partial charge in [0.1, 0.15) is 6.10 Å². The topological polar surface area (TPSA) is 20.2 Å². The first-order chi connectivity index (χ1) is 6.38. The van der Waals surface area contributed by atoms with Crippen LogP contribution in [0.1, 0.15) is 17.4 Å². The van der Waals surface area contributed by atoms with Crippen LogP contribution in [-0.2, 0) is 0 Å². The maximum Gasteiger partial charge on any atom is 0.109 e. The number of rotatable bonds is 2. The third-order valence-corrected chi connectivity index (χ3v) is 5.93. The summed E-state index contributed by atoms with van der Waals surface area (Å²) in [4.78, 5) is 1.10. The Balaban J connectivity index is 1.99. The zero-order chi connectivity index (χ0) is 9.10. The highest BCUT2D eigenvalue weighted by molar-refractivity contribution is 8.17. The van der Waals surface area contributed by atoms with E-state index in [1.807, 2.05) is 41.0 Å². The smallest absolute Gasteiger partial charge is 0.109 e. The number of aliphatic hydroxyl groups excluding tert-OH is 1. The van der Waals surface area contributed by atoms with Gasteiger partial charge in [-0.1, -0.05) is 6.07 Å². The maximum absolute atomic E-state index is 10.0. The van der Waals surface area contributed by atoms with Gasteiger partial charge in [-0.05, 0) is 29.4 Å². The minimum Gasteiger partial charge on any atom is -0.386 e. The molecule has 0 bridgehead atoms. The van der Waals surface area contributed by atoms with Gasteiger partial charge >= 0.3 is 0 Å². The van der Waals surface area contributed by atoms with E-state index in [-0.39, 0.29) is 6.10 Å². The van der Waals surface area contributed by atoms with Crippen LogP contribution in [0, 0.1) is 0 Å². The largest absolute Gasteiger partial charge is 0.386 e. The fraction of sp³-hybridized carbons (Fsp3) is 0.556. The number of hydrogen-bond donors (Lipinski definition) is 1. The molecule has 1 fully saturated rings. The SMILES string of the molecule is OC(c1cccs1)C1SCCCS1. The van der Waals surface area contributed by atoms with Gasteiger partial charge in [-0.25, -0.2) is 0 Å². The average Bonchev–Trinajstić information content (AvgIpc) is 2.71. The van der Waals surface area contributed by atoms with Gasteiger partial charge < -0.3 is 5.11 Å². The summed E-state index contributed by atoms with van der Waals surface area (Å²) in [6, 6.07) is 4.02. The summed E-state index contributed by atoms with van der Waals surface area (Å²) in [5, 5.41) is 12.0. The fourth-order valence-corrected chi connectivity index (χ4v) is 5.09. The Hall–Kier alpha value is 0.360. The summed E-state index contributed by atoms with van der Waals surface area (Å²) in [6.07, 6.45) is 1.01. The molecule has 0 spiro atoms. The van der Waals surface area contributed by atoms with Crippen molar-refractivity contribution in [3.8, 4) is 0 Å². The summed E-state index contributed by atoms with van der Waals surface area (Å²) < 4.78 is 0.354. The number of hydrogen-bond acceptors (Lipinski definition) is 4. The summed E-state index contributed by atoms with van der Waals surface area (Å²) in [5.41, 5.74) is 0. The van der Waals surface area contributed by atoms with E-state index in [1.165, 1.54) is 17.9 Å². The summed E-state index contributed by atoms with van der Waals surface area (Å²) in [6.45, 7) is 0. The van der Waals surface area contributed by atoms with E-state index < -0.39 is 0 Å². The Morgan fingerprint density at radius 3 is 2.77 bits per heavy atom. The fourth-order valence-electron chi connectivity index (χ4n) is 1.28. The first-order valence-corrected chi connectivity index (χ1v) is 7.30. The quantitative estimate of drug-likeness (QED) is 0.846. The van der Waals surface area contributed by atoms with Crippen LogP contribution in [0.25, 0.3) is 0 Å². The molecule has 0 aliphatic carbocycles. The molecule has 1 aliphatic rings. The highest BCUT2D eigenvalue weighted by Gasteiger charge is 2.24. The first kappa shape index (κ1) is 9.90. The van der Waals surface area contributed by atoms with Gasteiger partial charge in [0.15, 0.2) is 0 Å². The normalized spacial score (nSPS) is 21.6. The second-order valence-electron chi connectivity index (χ2n) is 2.92. The summed E-state index contributed by atoms with van der Waals surface area (Å²) >= 11 is 5.43. The Kier molecular flexibility index (Phi) is 3.60. The monoisotopic (exact) mass is 232 g/mol. The van der Waals surface area contributed by atoms with Gasteiger partial charge in [0.25, 0.3) is 0 Å². The molecule has 1 aromatic rings. The number of thioether (sulfide) groups is 2. The van der Waals surface area contributed by atoms with E-state index in [9.17, 15) is 5.11 Å². The number of aliphatic hydroxyl groups is 1. The van der Waals surface area contributed by atoms with Crippen molar-refractivity contribution in [2.45, 2.75) is 17.1 Å². The highest BCUT2D eigenvalue weighted by Crippen LogP contribution is 2.40. The van der Waals surface area contributed by atoms with Gasteiger partial charge in [-0.2, -0.15) is 0 Å². The highest BCUT2D eigenvalue weighted by atomic mass is 32.2. The predicted octanol–water partition coefficient (Wildman–Crippen LogP) is 2.98. The van der Waals surface area contributed by atoms with E-state index in [0.717, 1.165) is 4.88 Å². The first-order valence-electron chi connectivity index (χ1n) is 4.32. The molecule has 1 aromatic heterocycles. The van der Waals surface area contributed by atoms with Gasteiger partial charge in [-0.3, -0.25) is 0 Å². The molecule has 1 aliphatic heterocycles. The van der Waals surface area contributed by atoms with Crippen molar-refractivity contribution in [1.29, 1.82) is 0 Å². The van der Waals surface area contributed by atoms with E-state index in [0.29, 0.717) is 4.58 Å². The lowest BCUT2D eigenvalue weighted by Gasteiger charge is -2.24. The molecule has 0 aromatic carbocycles. The van der Waals surface area contributed by atoms with Gasteiger partial charge in [0.05, 0.1) is 4.58 Å². The Morgan fingerprint density at radius 2 is 2.15 bits per heavy atom. The Labute approximate surface area is 90.9 Å². The molecule has 1 nitrogen and oxygen atoms in total. The Bertz CT molecular complexity index is 241. The van der Waals surface area contributed by atoms with Crippen molar-refractivity contribution in [3.05, 3.63) is 22.4 Å². The molecule has 1 unspecified atom stereocenters. The average molecular weight is 232 g/mol. The van der Waals surface area contributed by atoms with Crippen molar-refractivity contribution in [2.75, 3.05) is 11.5 Å². The van der Waals surface area contributed by atoms with E-state index >= 15 is 0 Å². The van der Waals surface area contributed by atoms with Crippen molar-refractivity contribution < 1.29 is 5.11 Å². The molecular weight excluding hydrogens is 220 g/mol. The van der Waals surface area contributed by atoms with Crippen molar-refractivity contribution in [2.24, 2.45) is 0 Å². The standard InChI is InChI=1S/C9H12OS3/c10-8(7-3-1-4-11-7)9-12-5-2-6-13-9/h1,3-4,8-10H,2,5-6H2. The molecule has 1 atom stereocenters. The molecule has 0 saturated carbocycles. The zero-order valence-corrected chi connectivity index (χ0v) is 9.63. The Morgan fingerprint density at radius 1 is 1.38 bits per heavy atom. The van der Waals surface area contributed by atoms with Crippen LogP contribution in [0.4, 0.5) is 0 Å². The van der Waals surface area contributed by atoms with Crippen LogP contribution < -0.4 is 0 Å². The van der Waals surface area contributed by atoms with Crippen molar-refractivity contribution >= 4 is 34.9 Å². The summed E-state index contributed by atoms with van der Waals surface area (Å²) in [7, 11) is 0. The lowest BCUT2D eigenvalue weighted by atomic mass is 10.3. The molecule has 4 heteroatoms. The molecule has 1 N–H and O–H groups in total. The lowest BCUT2D eigenvalue weighted by molar-refractivity contribution is 0.200. The third-order valence-electron chi connectivity index (χ3n) is 1.95. The molecule has 2 rings (SSSR count). The predicted molar refractivity (Wildman–Crippen MR) is 62.6 cm³/mol. The molecule has 72 valence electrons. The molecule has 1 saturated heterocycles. The van der Waals surface area contributed by atoms with Crippen LogP contribution in [0.2, 0.25) is 0 Å². The second-order valence-corrected chi connectivity index (χ2v) is 6.70. The molecule has 2 heterocycles. The van der Waals surface area contributed by atoms with Crippen LogP contribution >= 0.6 is 34.9 Å². The van der Waals surface area contributed by atoms with E-state index in [4.69, 9.17) is 0 Å². The minimum absolute atomic E-state index is 0.268. The zero-order valence-electron chi connectivity index (χ0n) is 7.18. The van der Waals surface area contributed by atoms with E-state index in [2.05, 4.69) is 0 Å². The maximum atomic E-state index is 10.0. The molecule has 0 radical (unpaired) electrons. The third kappa shape index (κ3) is 2.43.